The lowest BCUT2D eigenvalue weighted by Crippen LogP contribution is -2.81. The molecule has 5 aliphatic heterocycles. The molecule has 1 aromatic heterocycles. The summed E-state index contributed by atoms with van der Waals surface area (Å²) in [4.78, 5) is 55.7. The summed E-state index contributed by atoms with van der Waals surface area (Å²) < 4.78 is 24.1. The van der Waals surface area contributed by atoms with Crippen LogP contribution < -0.4 is 9.64 Å². The molecule has 10 atom stereocenters. The normalized spacial score (nSPS) is 34.5. The predicted molar refractivity (Wildman–Crippen MR) is 246 cm³/mol. The fraction of sp³-hybridized carbons (Fsp3) is 0.588. The van der Waals surface area contributed by atoms with Gasteiger partial charge in [0.25, 0.3) is 0 Å². The molecule has 2 aromatic carbocycles. The van der Waals surface area contributed by atoms with Crippen molar-refractivity contribution in [3.05, 3.63) is 70.4 Å². The first-order valence-corrected chi connectivity index (χ1v) is 23.2. The number of aliphatic hydroxyl groups is 2. The van der Waals surface area contributed by atoms with Crippen LogP contribution in [0.2, 0.25) is 0 Å². The first-order chi connectivity index (χ1) is 31.0. The molecule has 9 rings (SSSR count). The van der Waals surface area contributed by atoms with Crippen LogP contribution in [-0.2, 0) is 45.8 Å². The highest BCUT2D eigenvalue weighted by molar-refractivity contribution is 5.95. The minimum absolute atomic E-state index is 0.133. The Morgan fingerprint density at radius 3 is 2.42 bits per heavy atom. The van der Waals surface area contributed by atoms with E-state index in [1.165, 1.54) is 21.1 Å². The van der Waals surface area contributed by atoms with E-state index >= 15 is 4.79 Å². The second-order valence-electron chi connectivity index (χ2n) is 20.0. The quantitative estimate of drug-likeness (QED) is 0.130. The average Bonchev–Trinajstić information content (AvgIpc) is 3.95. The van der Waals surface area contributed by atoms with E-state index in [2.05, 4.69) is 50.9 Å². The van der Waals surface area contributed by atoms with Gasteiger partial charge in [0.05, 0.1) is 39.5 Å². The highest BCUT2D eigenvalue weighted by atomic mass is 16.6. The Bertz CT molecular complexity index is 2530. The second-order valence-corrected chi connectivity index (χ2v) is 20.0. The molecule has 14 nitrogen and oxygen atoms in total. The van der Waals surface area contributed by atoms with Gasteiger partial charge in [0.15, 0.2) is 6.10 Å². The van der Waals surface area contributed by atoms with Gasteiger partial charge in [0, 0.05) is 96.5 Å². The number of carbonyl (C=O) groups excluding carboxylic acids is 3. The fourth-order valence-corrected chi connectivity index (χ4v) is 13.9. The summed E-state index contributed by atoms with van der Waals surface area (Å²) in [5.41, 5.74) is -1.10. The lowest BCUT2D eigenvalue weighted by molar-refractivity contribution is -0.228. The largest absolute Gasteiger partial charge is 0.496 e. The molecular weight excluding hydrogens is 827 g/mol. The lowest BCUT2D eigenvalue weighted by Gasteiger charge is -2.63. The highest BCUT2D eigenvalue weighted by Gasteiger charge is 2.80. The molecule has 6 aliphatic rings. The van der Waals surface area contributed by atoms with E-state index < -0.39 is 57.5 Å². The van der Waals surface area contributed by atoms with Gasteiger partial charge in [-0.15, -0.1) is 0 Å². The number of benzene rings is 2. The van der Waals surface area contributed by atoms with Crippen molar-refractivity contribution < 1.29 is 43.5 Å². The summed E-state index contributed by atoms with van der Waals surface area (Å²) in [6, 6.07) is 8.92. The van der Waals surface area contributed by atoms with Gasteiger partial charge >= 0.3 is 17.9 Å². The smallest absolute Gasteiger partial charge is 0.344 e. The SMILES string of the molecule is CC[C@]1(O)C[C@H]2CN(CCc3c([nH]c4ccc(C#CCN(C)C)cc34)[C@@](C(=O)OC)(c3cc4c(cc3OC)N(C)C3[C@]45CCN4CC=C[C@@](CC)([C@@H](OC(C)=O)[C@]3(O)C(=O)OC)[C@H]45)C2)C1. The van der Waals surface area contributed by atoms with Crippen LogP contribution in [0.15, 0.2) is 42.5 Å². The number of hydrogen-bond acceptors (Lipinski definition) is 13. The number of piperidine rings is 1. The Kier molecular flexibility index (Phi) is 11.2. The van der Waals surface area contributed by atoms with Gasteiger partial charge in [0.1, 0.15) is 11.2 Å². The summed E-state index contributed by atoms with van der Waals surface area (Å²) in [7, 11) is 10.1. The Labute approximate surface area is 382 Å². The van der Waals surface area contributed by atoms with E-state index in [0.29, 0.717) is 94.8 Å². The molecule has 0 radical (unpaired) electrons. The predicted octanol–water partition coefficient (Wildman–Crippen LogP) is 3.90. The van der Waals surface area contributed by atoms with Crippen molar-refractivity contribution in [3.63, 3.8) is 0 Å². The number of nitrogens with one attached hydrogen (secondary N) is 1. The summed E-state index contributed by atoms with van der Waals surface area (Å²) in [6.45, 7) is 9.11. The number of nitrogens with zero attached hydrogens (tertiary/aromatic N) is 4. The number of rotatable bonds is 8. The van der Waals surface area contributed by atoms with E-state index in [-0.39, 0.29) is 12.0 Å². The molecule has 3 aromatic rings. The van der Waals surface area contributed by atoms with Crippen molar-refractivity contribution in [1.82, 2.24) is 19.7 Å². The van der Waals surface area contributed by atoms with Gasteiger partial charge in [0.2, 0.25) is 5.60 Å². The molecular formula is C51H65N5O9. The molecule has 3 N–H and O–H groups in total. The van der Waals surface area contributed by atoms with Crippen LogP contribution in [0, 0.1) is 23.2 Å². The maximum absolute atomic E-state index is 15.6. The van der Waals surface area contributed by atoms with Crippen molar-refractivity contribution in [1.29, 1.82) is 0 Å². The molecule has 2 bridgehead atoms. The average molecular weight is 892 g/mol. The maximum atomic E-state index is 15.6. The van der Waals surface area contributed by atoms with Crippen molar-refractivity contribution in [3.8, 4) is 17.6 Å². The molecule has 6 heterocycles. The van der Waals surface area contributed by atoms with Gasteiger partial charge in [-0.25, -0.2) is 4.79 Å². The first kappa shape index (κ1) is 45.3. The third-order valence-electron chi connectivity index (χ3n) is 16.3. The molecule has 2 unspecified atom stereocenters. The van der Waals surface area contributed by atoms with Crippen LogP contribution in [0.1, 0.15) is 80.8 Å². The lowest BCUT2D eigenvalue weighted by atomic mass is 9.47. The number of methoxy groups -OCH3 is 3. The highest BCUT2D eigenvalue weighted by Crippen LogP contribution is 2.68. The summed E-state index contributed by atoms with van der Waals surface area (Å²) >= 11 is 0. The molecule has 1 saturated carbocycles. The van der Waals surface area contributed by atoms with Gasteiger partial charge < -0.3 is 39.0 Å². The van der Waals surface area contributed by atoms with Crippen molar-refractivity contribution in [2.24, 2.45) is 11.3 Å². The van der Waals surface area contributed by atoms with Crippen molar-refractivity contribution >= 4 is 34.5 Å². The molecule has 3 fully saturated rings. The third-order valence-corrected chi connectivity index (χ3v) is 16.3. The van der Waals surface area contributed by atoms with Gasteiger partial charge in [-0.3, -0.25) is 24.3 Å². The number of fused-ring (bicyclic) bond motifs is 6. The van der Waals surface area contributed by atoms with Crippen LogP contribution in [0.25, 0.3) is 10.9 Å². The van der Waals surface area contributed by atoms with Crippen LogP contribution in [-0.4, -0.2) is 159 Å². The van der Waals surface area contributed by atoms with Crippen LogP contribution in [0.4, 0.5) is 5.69 Å². The molecule has 1 spiro atoms. The second kappa shape index (κ2) is 16.2. The monoisotopic (exact) mass is 891 g/mol. The molecule has 2 saturated heterocycles. The first-order valence-electron chi connectivity index (χ1n) is 23.2. The molecule has 65 heavy (non-hydrogen) atoms. The van der Waals surface area contributed by atoms with Crippen LogP contribution in [0.3, 0.4) is 0 Å². The molecule has 348 valence electrons. The standard InChI is InChI=1S/C51H65N5O9/c1-10-47(60)27-33-28-50(45(58)63-8,41-34(17-22-55(29-33)30-47)35-24-32(14-12-20-53(4)5)15-16-38(35)52-41)37-25-36-39(26-40(37)62-7)54(6)43-49(36)19-23-56-21-13-18-48(11-2,42(49)56)44(65-31(3)57)51(43,61)46(59)64-9/h13,15-16,18,24-26,33,42-44,52,60-61H,10-11,17,19-23,27-30H2,1-9H3/t33-,42+,43?,44-,47+,48-,49-,50+,51+/m1/s1. The van der Waals surface area contributed by atoms with Gasteiger partial charge in [-0.05, 0) is 100 Å². The van der Waals surface area contributed by atoms with E-state index in [1.807, 2.05) is 63.0 Å². The number of aromatic nitrogens is 1. The number of anilines is 1. The number of aromatic amines is 1. The van der Waals surface area contributed by atoms with Gasteiger partial charge in [-0.1, -0.05) is 37.8 Å². The minimum Gasteiger partial charge on any atom is -0.496 e. The number of H-pyrrole nitrogens is 1. The molecule has 1 aliphatic carbocycles. The Morgan fingerprint density at radius 1 is 0.969 bits per heavy atom. The zero-order chi connectivity index (χ0) is 46.4. The number of esters is 3. The van der Waals surface area contributed by atoms with Gasteiger partial charge in [-0.2, -0.15) is 0 Å². The Hall–Kier alpha value is -4.91. The van der Waals surface area contributed by atoms with Crippen LogP contribution in [0.5, 0.6) is 5.75 Å². The summed E-state index contributed by atoms with van der Waals surface area (Å²) in [5, 5.41) is 26.5. The summed E-state index contributed by atoms with van der Waals surface area (Å²) in [5.74, 6) is 4.97. The summed E-state index contributed by atoms with van der Waals surface area (Å²) in [6.07, 6.45) is 5.77. The number of ether oxygens (including phenoxy) is 4. The van der Waals surface area contributed by atoms with Crippen molar-refractivity contribution in [2.75, 3.05) is 86.6 Å². The number of hydrogen-bond donors (Lipinski definition) is 3. The van der Waals surface area contributed by atoms with E-state index in [1.54, 1.807) is 7.11 Å². The Morgan fingerprint density at radius 2 is 1.74 bits per heavy atom. The van der Waals surface area contributed by atoms with E-state index in [9.17, 15) is 19.8 Å². The number of carbonyl (C=O) groups is 3. The third kappa shape index (κ3) is 6.43. The maximum Gasteiger partial charge on any atom is 0.344 e. The fourth-order valence-electron chi connectivity index (χ4n) is 13.9. The molecule has 14 heteroatoms. The van der Waals surface area contributed by atoms with Crippen molar-refractivity contribution in [2.45, 2.75) is 99.5 Å². The topological polar surface area (TPSA) is 157 Å². The van der Waals surface area contributed by atoms with E-state index in [0.717, 1.165) is 33.3 Å². The molecule has 0 amide bonds. The zero-order valence-electron chi connectivity index (χ0n) is 39.4. The number of likely N-dealkylation sites (N-methyl/N-ethyl adjacent to an activating group) is 1. The minimum atomic E-state index is -2.32. The van der Waals surface area contributed by atoms with Crippen LogP contribution >= 0.6 is 0 Å². The van der Waals surface area contributed by atoms with E-state index in [4.69, 9.17) is 18.9 Å². The zero-order valence-corrected chi connectivity index (χ0v) is 39.4. The Balaban J connectivity index is 1.35.